The van der Waals surface area contributed by atoms with Crippen molar-refractivity contribution in [2.45, 2.75) is 0 Å². The first-order valence-corrected chi connectivity index (χ1v) is 7.25. The molecule has 6 radical (unpaired) electrons. The molecular weight excluding hydrogens is 470 g/mol. The van der Waals surface area contributed by atoms with Crippen molar-refractivity contribution in [3.63, 3.8) is 0 Å². The van der Waals surface area contributed by atoms with Crippen molar-refractivity contribution in [2.24, 2.45) is 0 Å². The van der Waals surface area contributed by atoms with E-state index in [9.17, 15) is 0 Å². The topological polar surface area (TPSA) is 190 Å². The van der Waals surface area contributed by atoms with Crippen LogP contribution in [0.3, 0.4) is 0 Å². The van der Waals surface area contributed by atoms with Crippen LogP contribution in [0.15, 0.2) is 0 Å². The fourth-order valence-corrected chi connectivity index (χ4v) is 0. The second kappa shape index (κ2) is 15.9. The molecule has 0 N–H and O–H groups in total. The maximum atomic E-state index is 8.88. The summed E-state index contributed by atoms with van der Waals surface area (Å²) in [6.45, 7) is 0. The molecule has 18 heteroatoms. The largest absolute Gasteiger partial charge is 3.00 e. The van der Waals surface area contributed by atoms with Gasteiger partial charge in [0.05, 0.1) is 0 Å². The van der Waals surface area contributed by atoms with Crippen LogP contribution in [0.2, 0.25) is 0 Å². The molecule has 0 spiro atoms. The van der Waals surface area contributed by atoms with Crippen LogP contribution >= 0.6 is 22.4 Å². The Morgan fingerprint density at radius 3 is 0.611 bits per heavy atom. The van der Waals surface area contributed by atoms with E-state index in [4.69, 9.17) is 43.1 Å². The zero-order valence-corrected chi connectivity index (χ0v) is 16.6. The average Bonchev–Trinajstić information content (AvgIpc) is 1.41. The Labute approximate surface area is 146 Å². The van der Waals surface area contributed by atoms with E-state index in [0.717, 1.165) is 0 Å². The molecule has 0 heterocycles. The third kappa shape index (κ3) is 884. The minimum Gasteiger partial charge on any atom is -0.818 e. The van der Waals surface area contributed by atoms with Crippen LogP contribution in [0.4, 0.5) is 0 Å². The van der Waals surface area contributed by atoms with Crippen LogP contribution in [0.5, 0.6) is 0 Å². The van der Waals surface area contributed by atoms with Crippen molar-refractivity contribution in [1.82, 2.24) is 0 Å². The molecule has 0 aliphatic carbocycles. The van der Waals surface area contributed by atoms with Crippen LogP contribution in [0.25, 0.3) is 0 Å². The van der Waals surface area contributed by atoms with Crippen molar-refractivity contribution >= 4 is 62.5 Å². The van der Waals surface area contributed by atoms with Crippen LogP contribution in [-0.2, 0) is 55.6 Å². The van der Waals surface area contributed by atoms with Crippen LogP contribution in [0, 0.1) is 0 Å². The van der Waals surface area contributed by atoms with Crippen molar-refractivity contribution < 1.29 is 84.9 Å². The summed E-state index contributed by atoms with van der Waals surface area (Å²) in [5.41, 5.74) is 0. The summed E-state index contributed by atoms with van der Waals surface area (Å²) in [7, 11) is -2.52. The quantitative estimate of drug-likeness (QED) is 0.245. The Kier molecular flexibility index (Phi) is 32.8. The van der Waals surface area contributed by atoms with Crippen LogP contribution < -0.4 is 29.4 Å². The molecule has 94 valence electrons. The van der Waals surface area contributed by atoms with E-state index >= 15 is 0 Å². The fourth-order valence-electron chi connectivity index (χ4n) is 0. The van der Waals surface area contributed by atoms with Crippen molar-refractivity contribution in [1.29, 1.82) is 0 Å². The van der Waals surface area contributed by atoms with E-state index in [2.05, 4.69) is 22.7 Å². The molecule has 0 unspecified atom stereocenters. The van der Waals surface area contributed by atoms with Gasteiger partial charge < -0.3 is 43.1 Å². The molecule has 0 atom stereocenters. The Balaban J connectivity index is -0.0000000277. The molecule has 0 amide bonds. The normalized spacial score (nSPS) is 9.67. The monoisotopic (exact) mass is 468 g/mol. The summed E-state index contributed by atoms with van der Waals surface area (Å²) >= 11 is 0. The molecule has 0 aromatic heterocycles. The fraction of sp³-hybridized carbons (Fsp3) is 0. The maximum Gasteiger partial charge on any atom is 3.00 e. The standard InChI is InChI=1S/Ag.Al.3BH2O3P.Zn/c;;3*1-5(2,3)4;/h;;3*(H2,2,3,4);/q+1;+3;;;;+2/p-6. The molecule has 0 fully saturated rings. The minimum absolute atomic E-state index is 0. The van der Waals surface area contributed by atoms with Gasteiger partial charge >= 0.3 is 59.2 Å². The van der Waals surface area contributed by atoms with E-state index in [-0.39, 0.29) is 59.2 Å². The third-order valence-electron chi connectivity index (χ3n) is 0. The van der Waals surface area contributed by atoms with E-state index in [1.807, 2.05) is 0 Å². The molecule has 0 rings (SSSR count). The van der Waals surface area contributed by atoms with Gasteiger partial charge in [0.25, 0.3) is 0 Å². The van der Waals surface area contributed by atoms with Gasteiger partial charge in [0.1, 0.15) is 22.7 Å². The second-order valence-electron chi connectivity index (χ2n) is 1.62. The summed E-state index contributed by atoms with van der Waals surface area (Å²) in [6.07, 6.45) is 0. The van der Waals surface area contributed by atoms with Crippen molar-refractivity contribution in [2.75, 3.05) is 0 Å². The number of hydrogen-bond acceptors (Lipinski definition) is 9. The predicted molar refractivity (Wildman–Crippen MR) is 45.8 cm³/mol. The predicted octanol–water partition coefficient (Wildman–Crippen LogP) is -6.44. The second-order valence-corrected chi connectivity index (χ2v) is 4.86. The van der Waals surface area contributed by atoms with Crippen LogP contribution in [-0.4, -0.2) is 40.1 Å². The molecule has 0 saturated carbocycles. The Morgan fingerprint density at radius 1 is 0.611 bits per heavy atom. The van der Waals surface area contributed by atoms with Gasteiger partial charge in [0.2, 0.25) is 0 Å². The molecule has 9 nitrogen and oxygen atoms in total. The Hall–Kier alpha value is 2.54. The van der Waals surface area contributed by atoms with E-state index in [1.54, 1.807) is 0 Å². The summed E-state index contributed by atoms with van der Waals surface area (Å²) in [6, 6.07) is 0. The van der Waals surface area contributed by atoms with Gasteiger partial charge in [-0.1, -0.05) is 0 Å². The van der Waals surface area contributed by atoms with Gasteiger partial charge in [0.15, 0.2) is 0 Å². The van der Waals surface area contributed by atoms with Gasteiger partial charge in [-0.05, 0) is 0 Å². The molecule has 0 aromatic carbocycles. The van der Waals surface area contributed by atoms with E-state index in [0.29, 0.717) is 0 Å². The first-order valence-electron chi connectivity index (χ1n) is 2.42. The van der Waals surface area contributed by atoms with Gasteiger partial charge in [-0.25, -0.2) is 0 Å². The molecule has 0 bridgehead atoms. The number of hydrogen-bond donors (Lipinski definition) is 0. The van der Waals surface area contributed by atoms with Gasteiger partial charge in [-0.2, -0.15) is 0 Å². The van der Waals surface area contributed by atoms with Gasteiger partial charge in [0, 0.05) is 0 Å². The summed E-state index contributed by atoms with van der Waals surface area (Å²) in [5, 5.41) is 0. The van der Waals surface area contributed by atoms with Crippen LogP contribution in [0.1, 0.15) is 0 Å². The van der Waals surface area contributed by atoms with Crippen molar-refractivity contribution in [3.05, 3.63) is 0 Å². The first kappa shape index (κ1) is 37.1. The Morgan fingerprint density at radius 2 is 0.611 bits per heavy atom. The number of rotatable bonds is 0. The zero-order chi connectivity index (χ0) is 13.5. The molecule has 18 heavy (non-hydrogen) atoms. The Bertz CT molecular complexity index is 223. The smallest absolute Gasteiger partial charge is 0.818 e. The molecule has 0 aromatic rings. The molecular formula is AgAlB3O9P3Zn. The van der Waals surface area contributed by atoms with Gasteiger partial charge in [-0.15, -0.1) is 22.4 Å². The zero-order valence-electron chi connectivity index (χ0n) is 8.33. The molecule has 0 saturated heterocycles. The summed E-state index contributed by atoms with van der Waals surface area (Å²) < 4.78 is 26.6. The SMILES string of the molecule is [Ag+].[Al+3].[B]P(=O)([O-])[O-].[B]P(=O)([O-])[O-].[B]P(=O)([O-])[O-].[Zn+2]. The van der Waals surface area contributed by atoms with E-state index < -0.39 is 22.4 Å². The third-order valence-corrected chi connectivity index (χ3v) is 0. The van der Waals surface area contributed by atoms with Gasteiger partial charge in [-0.3, -0.25) is 0 Å². The minimum atomic E-state index is -4.64. The summed E-state index contributed by atoms with van der Waals surface area (Å²) in [5.74, 6) is 0. The average molecular weight is 470 g/mol. The van der Waals surface area contributed by atoms with E-state index in [1.165, 1.54) is 0 Å². The maximum absolute atomic E-state index is 8.88. The molecule has 0 aliphatic heterocycles. The summed E-state index contributed by atoms with van der Waals surface area (Å²) in [4.78, 5) is 53.3. The molecule has 0 aliphatic rings. The van der Waals surface area contributed by atoms with Crippen molar-refractivity contribution in [3.8, 4) is 0 Å². The first-order chi connectivity index (χ1) is 6.00.